The van der Waals surface area contributed by atoms with E-state index in [9.17, 15) is 0 Å². The molecule has 0 heteroatoms. The second kappa shape index (κ2) is 2.32. The molecule has 0 N–H and O–H groups in total. The van der Waals surface area contributed by atoms with Gasteiger partial charge < -0.3 is 0 Å². The summed E-state index contributed by atoms with van der Waals surface area (Å²) in [6, 6.07) is 0. The summed E-state index contributed by atoms with van der Waals surface area (Å²) < 4.78 is 0. The highest BCUT2D eigenvalue weighted by Crippen LogP contribution is 2.42. The van der Waals surface area contributed by atoms with Crippen LogP contribution in [0.1, 0.15) is 38.5 Å². The first-order valence-corrected chi connectivity index (χ1v) is 4.28. The van der Waals surface area contributed by atoms with Crippen molar-refractivity contribution >= 4 is 0 Å². The Labute approximate surface area is 57.6 Å². The molecule has 0 saturated heterocycles. The van der Waals surface area contributed by atoms with Crippen LogP contribution in [0.25, 0.3) is 0 Å². The Morgan fingerprint density at radius 3 is 2.67 bits per heavy atom. The van der Waals surface area contributed by atoms with E-state index in [0.29, 0.717) is 0 Å². The second-order valence-electron chi connectivity index (χ2n) is 3.55. The fourth-order valence-corrected chi connectivity index (χ4v) is 2.18. The van der Waals surface area contributed by atoms with Crippen molar-refractivity contribution in [2.75, 3.05) is 0 Å². The minimum absolute atomic E-state index is 1.12. The van der Waals surface area contributed by atoms with Gasteiger partial charge in [-0.15, -0.1) is 0 Å². The van der Waals surface area contributed by atoms with Crippen LogP contribution in [0.4, 0.5) is 0 Å². The van der Waals surface area contributed by atoms with Crippen LogP contribution >= 0.6 is 0 Å². The van der Waals surface area contributed by atoms with E-state index in [-0.39, 0.29) is 0 Å². The summed E-state index contributed by atoms with van der Waals surface area (Å²) in [6.07, 6.45) is 11.4. The van der Waals surface area contributed by atoms with Crippen LogP contribution in [0.15, 0.2) is 0 Å². The first-order valence-electron chi connectivity index (χ1n) is 4.28. The Morgan fingerprint density at radius 2 is 1.89 bits per heavy atom. The Hall–Kier alpha value is 0. The van der Waals surface area contributed by atoms with E-state index in [1.807, 2.05) is 0 Å². The van der Waals surface area contributed by atoms with E-state index < -0.39 is 0 Å². The van der Waals surface area contributed by atoms with Gasteiger partial charge in [-0.1, -0.05) is 19.3 Å². The van der Waals surface area contributed by atoms with E-state index in [1.54, 1.807) is 6.42 Å². The predicted octanol–water partition coefficient (Wildman–Crippen LogP) is 2.79. The predicted molar refractivity (Wildman–Crippen MR) is 39.0 cm³/mol. The van der Waals surface area contributed by atoms with Crippen molar-refractivity contribution < 1.29 is 0 Å². The van der Waals surface area contributed by atoms with Gasteiger partial charge in [0.1, 0.15) is 0 Å². The minimum Gasteiger partial charge on any atom is -0.0528 e. The van der Waals surface area contributed by atoms with Gasteiger partial charge in [0.2, 0.25) is 0 Å². The van der Waals surface area contributed by atoms with Crippen LogP contribution < -0.4 is 0 Å². The molecule has 1 radical (unpaired) electrons. The van der Waals surface area contributed by atoms with Gasteiger partial charge in [0.25, 0.3) is 0 Å². The van der Waals surface area contributed by atoms with Gasteiger partial charge in [0.05, 0.1) is 0 Å². The maximum Gasteiger partial charge on any atom is -0.0383 e. The maximum atomic E-state index is 2.50. The molecule has 9 heavy (non-hydrogen) atoms. The van der Waals surface area contributed by atoms with Crippen molar-refractivity contribution in [3.8, 4) is 0 Å². The van der Waals surface area contributed by atoms with Crippen LogP contribution in [-0.2, 0) is 0 Å². The first-order chi connectivity index (χ1) is 4.47. The van der Waals surface area contributed by atoms with Crippen molar-refractivity contribution in [1.82, 2.24) is 0 Å². The highest BCUT2D eigenvalue weighted by Gasteiger charge is 2.30. The molecule has 0 aliphatic heterocycles. The Balaban J connectivity index is 1.90. The lowest BCUT2D eigenvalue weighted by Gasteiger charge is -2.35. The topological polar surface area (TPSA) is 0 Å². The second-order valence-corrected chi connectivity index (χ2v) is 3.55. The SMILES string of the molecule is [CH]1CCCC2CCC2C1. The molecule has 0 aromatic heterocycles. The summed E-state index contributed by atoms with van der Waals surface area (Å²) in [5.41, 5.74) is 0. The number of hydrogen-bond acceptors (Lipinski definition) is 0. The van der Waals surface area contributed by atoms with Crippen molar-refractivity contribution in [3.63, 3.8) is 0 Å². The third-order valence-electron chi connectivity index (χ3n) is 3.03. The molecule has 2 unspecified atom stereocenters. The molecule has 0 spiro atoms. The quantitative estimate of drug-likeness (QED) is 0.464. The fourth-order valence-electron chi connectivity index (χ4n) is 2.18. The zero-order chi connectivity index (χ0) is 6.10. The molecular weight excluding hydrogens is 108 g/mol. The van der Waals surface area contributed by atoms with Gasteiger partial charge in [-0.05, 0) is 37.5 Å². The lowest BCUT2D eigenvalue weighted by Crippen LogP contribution is -2.23. The van der Waals surface area contributed by atoms with Gasteiger partial charge >= 0.3 is 0 Å². The number of hydrogen-bond donors (Lipinski definition) is 0. The molecule has 2 saturated carbocycles. The fraction of sp³-hybridized carbons (Fsp3) is 0.889. The van der Waals surface area contributed by atoms with Gasteiger partial charge in [-0.2, -0.15) is 0 Å². The molecule has 2 aliphatic carbocycles. The normalized spacial score (nSPS) is 42.7. The van der Waals surface area contributed by atoms with Crippen molar-refractivity contribution in [1.29, 1.82) is 0 Å². The molecular formula is C9H15. The van der Waals surface area contributed by atoms with Crippen molar-refractivity contribution in [2.24, 2.45) is 11.8 Å². The zero-order valence-corrected chi connectivity index (χ0v) is 5.97. The van der Waals surface area contributed by atoms with Crippen LogP contribution in [0.2, 0.25) is 0 Å². The first kappa shape index (κ1) is 5.76. The molecule has 51 valence electrons. The van der Waals surface area contributed by atoms with Gasteiger partial charge in [-0.25, -0.2) is 0 Å². The number of rotatable bonds is 0. The Bertz CT molecular complexity index is 84.2. The highest BCUT2D eigenvalue weighted by atomic mass is 14.4. The Kier molecular flexibility index (Phi) is 1.48. The molecule has 2 rings (SSSR count). The molecule has 2 atom stereocenters. The van der Waals surface area contributed by atoms with E-state index in [1.165, 1.54) is 32.1 Å². The summed E-state index contributed by atoms with van der Waals surface area (Å²) in [5.74, 6) is 2.26. The molecule has 0 heterocycles. The standard InChI is InChI=1S/C9H15/c1-2-4-8-6-7-9(8)5-3-1/h2,8-9H,1,3-7H2. The lowest BCUT2D eigenvalue weighted by molar-refractivity contribution is 0.171. The number of fused-ring (bicyclic) bond motifs is 1. The molecule has 0 nitrogen and oxygen atoms in total. The summed E-state index contributed by atoms with van der Waals surface area (Å²) >= 11 is 0. The molecule has 0 aromatic rings. The van der Waals surface area contributed by atoms with Gasteiger partial charge in [-0.3, -0.25) is 0 Å². The molecule has 0 aromatic carbocycles. The lowest BCUT2D eigenvalue weighted by atomic mass is 9.71. The largest absolute Gasteiger partial charge is 0.0528 e. The monoisotopic (exact) mass is 123 g/mol. The van der Waals surface area contributed by atoms with E-state index in [0.717, 1.165) is 11.8 Å². The van der Waals surface area contributed by atoms with Crippen LogP contribution in [-0.4, -0.2) is 0 Å². The van der Waals surface area contributed by atoms with E-state index in [4.69, 9.17) is 0 Å². The van der Waals surface area contributed by atoms with Crippen molar-refractivity contribution in [2.45, 2.75) is 38.5 Å². The van der Waals surface area contributed by atoms with E-state index >= 15 is 0 Å². The summed E-state index contributed by atoms with van der Waals surface area (Å²) in [4.78, 5) is 0. The van der Waals surface area contributed by atoms with Crippen LogP contribution in [0, 0.1) is 18.3 Å². The summed E-state index contributed by atoms with van der Waals surface area (Å²) in [6.45, 7) is 0. The third kappa shape index (κ3) is 0.997. The molecule has 2 aliphatic rings. The zero-order valence-electron chi connectivity index (χ0n) is 5.97. The average Bonchev–Trinajstić information content (AvgIpc) is 1.94. The summed E-state index contributed by atoms with van der Waals surface area (Å²) in [7, 11) is 0. The minimum atomic E-state index is 1.12. The van der Waals surface area contributed by atoms with Gasteiger partial charge in [0, 0.05) is 0 Å². The Morgan fingerprint density at radius 1 is 1.00 bits per heavy atom. The highest BCUT2D eigenvalue weighted by molar-refractivity contribution is 4.87. The molecule has 2 fully saturated rings. The smallest absolute Gasteiger partial charge is 0.0383 e. The molecule has 0 amide bonds. The molecule has 0 bridgehead atoms. The maximum absolute atomic E-state index is 2.50. The van der Waals surface area contributed by atoms with Crippen molar-refractivity contribution in [3.05, 3.63) is 6.42 Å². The third-order valence-corrected chi connectivity index (χ3v) is 3.03. The average molecular weight is 123 g/mol. The van der Waals surface area contributed by atoms with Crippen LogP contribution in [0.3, 0.4) is 0 Å². The van der Waals surface area contributed by atoms with E-state index in [2.05, 4.69) is 6.42 Å². The summed E-state index contributed by atoms with van der Waals surface area (Å²) in [5, 5.41) is 0. The van der Waals surface area contributed by atoms with Gasteiger partial charge in [0.15, 0.2) is 0 Å². The van der Waals surface area contributed by atoms with Crippen LogP contribution in [0.5, 0.6) is 0 Å².